The summed E-state index contributed by atoms with van der Waals surface area (Å²) in [5, 5.41) is 8.89. The molecular weight excluding hydrogens is 392 g/mol. The summed E-state index contributed by atoms with van der Waals surface area (Å²) in [6.07, 6.45) is -4.52. The standard InChI is InChI=1S/C21H20F4O4/c1-11(2)29-14-4-5-18(22)15(9-14)12-3-6-19(17(8-12)21(23,24)25)28-10-13-7-16(13)20(26)27/h3-6,8-9,11,13,16H,7,10H2,1-2H3,(H,26,27)/t13-,16+/m0/s1. The quantitative estimate of drug-likeness (QED) is 0.619. The Hall–Kier alpha value is -2.77. The SMILES string of the molecule is CC(C)Oc1ccc(F)c(-c2ccc(OC[C@@H]3C[C@H]3C(=O)O)c(C(F)(F)F)c2)c1. The summed E-state index contributed by atoms with van der Waals surface area (Å²) in [4.78, 5) is 10.9. The maximum atomic E-state index is 14.3. The molecule has 8 heteroatoms. The summed E-state index contributed by atoms with van der Waals surface area (Å²) < 4.78 is 65.7. The van der Waals surface area contributed by atoms with Crippen LogP contribution in [0.15, 0.2) is 36.4 Å². The van der Waals surface area contributed by atoms with Crippen molar-refractivity contribution in [2.24, 2.45) is 11.8 Å². The van der Waals surface area contributed by atoms with Crippen molar-refractivity contribution in [2.45, 2.75) is 32.5 Å². The highest BCUT2D eigenvalue weighted by molar-refractivity contribution is 5.73. The van der Waals surface area contributed by atoms with Gasteiger partial charge in [0.25, 0.3) is 0 Å². The van der Waals surface area contributed by atoms with E-state index in [1.807, 2.05) is 0 Å². The van der Waals surface area contributed by atoms with Crippen LogP contribution in [0.4, 0.5) is 17.6 Å². The lowest BCUT2D eigenvalue weighted by Gasteiger charge is -2.16. The predicted molar refractivity (Wildman–Crippen MR) is 97.3 cm³/mol. The van der Waals surface area contributed by atoms with E-state index in [0.717, 1.165) is 18.2 Å². The third kappa shape index (κ3) is 4.99. The van der Waals surface area contributed by atoms with Crippen molar-refractivity contribution in [1.29, 1.82) is 0 Å². The third-order valence-electron chi connectivity index (χ3n) is 4.60. The summed E-state index contributed by atoms with van der Waals surface area (Å²) in [5.41, 5.74) is -1.03. The molecule has 0 radical (unpaired) electrons. The van der Waals surface area contributed by atoms with Gasteiger partial charge in [0.15, 0.2) is 0 Å². The second kappa shape index (κ2) is 7.93. The van der Waals surface area contributed by atoms with Crippen LogP contribution in [0.5, 0.6) is 11.5 Å². The Bertz CT molecular complexity index is 908. The van der Waals surface area contributed by atoms with Crippen molar-refractivity contribution in [3.63, 3.8) is 0 Å². The molecule has 29 heavy (non-hydrogen) atoms. The average Bonchev–Trinajstić information content (AvgIpc) is 3.40. The molecule has 0 amide bonds. The zero-order chi connectivity index (χ0) is 21.3. The number of ether oxygens (including phenoxy) is 2. The molecule has 0 bridgehead atoms. The molecule has 0 unspecified atom stereocenters. The minimum Gasteiger partial charge on any atom is -0.493 e. The van der Waals surface area contributed by atoms with Crippen LogP contribution in [0.2, 0.25) is 0 Å². The monoisotopic (exact) mass is 412 g/mol. The Morgan fingerprint density at radius 1 is 1.21 bits per heavy atom. The molecule has 1 N–H and O–H groups in total. The van der Waals surface area contributed by atoms with E-state index in [1.54, 1.807) is 13.8 Å². The van der Waals surface area contributed by atoms with Gasteiger partial charge in [0.2, 0.25) is 0 Å². The third-order valence-corrected chi connectivity index (χ3v) is 4.60. The Balaban J connectivity index is 1.89. The maximum Gasteiger partial charge on any atom is 0.419 e. The molecule has 0 spiro atoms. The van der Waals surface area contributed by atoms with Crippen molar-refractivity contribution in [2.75, 3.05) is 6.61 Å². The van der Waals surface area contributed by atoms with Gasteiger partial charge in [0.05, 0.1) is 24.2 Å². The smallest absolute Gasteiger partial charge is 0.419 e. The number of hydrogen-bond acceptors (Lipinski definition) is 3. The highest BCUT2D eigenvalue weighted by atomic mass is 19.4. The largest absolute Gasteiger partial charge is 0.493 e. The topological polar surface area (TPSA) is 55.8 Å². The summed E-state index contributed by atoms with van der Waals surface area (Å²) in [7, 11) is 0. The molecule has 0 heterocycles. The fraction of sp³-hybridized carbons (Fsp3) is 0.381. The number of aliphatic carboxylic acids is 1. The molecule has 3 rings (SSSR count). The van der Waals surface area contributed by atoms with E-state index in [4.69, 9.17) is 14.6 Å². The van der Waals surface area contributed by atoms with Crippen molar-refractivity contribution >= 4 is 5.97 Å². The number of rotatable bonds is 7. The van der Waals surface area contributed by atoms with Gasteiger partial charge >= 0.3 is 12.1 Å². The molecule has 4 nitrogen and oxygen atoms in total. The molecule has 2 aromatic carbocycles. The van der Waals surface area contributed by atoms with E-state index < -0.39 is 35.2 Å². The minimum absolute atomic E-state index is 0.0201. The first-order valence-electron chi connectivity index (χ1n) is 9.09. The Labute approximate surface area is 165 Å². The predicted octanol–water partition coefficient (Wildman–Crippen LogP) is 5.40. The van der Waals surface area contributed by atoms with Crippen LogP contribution in [-0.2, 0) is 11.0 Å². The highest BCUT2D eigenvalue weighted by Gasteiger charge is 2.44. The number of halogens is 4. The first-order valence-corrected chi connectivity index (χ1v) is 9.09. The lowest BCUT2D eigenvalue weighted by molar-refractivity contribution is -0.140. The van der Waals surface area contributed by atoms with Crippen LogP contribution in [0, 0.1) is 17.7 Å². The maximum absolute atomic E-state index is 14.3. The van der Waals surface area contributed by atoms with Gasteiger partial charge in [0.1, 0.15) is 17.3 Å². The summed E-state index contributed by atoms with van der Waals surface area (Å²) in [6.45, 7) is 3.45. The summed E-state index contributed by atoms with van der Waals surface area (Å²) >= 11 is 0. The van der Waals surface area contributed by atoms with Crippen LogP contribution < -0.4 is 9.47 Å². The second-order valence-electron chi connectivity index (χ2n) is 7.27. The van der Waals surface area contributed by atoms with E-state index in [0.29, 0.717) is 12.2 Å². The normalized spacial score (nSPS) is 18.6. The van der Waals surface area contributed by atoms with Crippen LogP contribution in [0.1, 0.15) is 25.8 Å². The Morgan fingerprint density at radius 2 is 1.93 bits per heavy atom. The van der Waals surface area contributed by atoms with Crippen LogP contribution in [0.25, 0.3) is 11.1 Å². The average molecular weight is 412 g/mol. The Morgan fingerprint density at radius 3 is 2.52 bits per heavy atom. The van der Waals surface area contributed by atoms with E-state index in [2.05, 4.69) is 0 Å². The zero-order valence-electron chi connectivity index (χ0n) is 15.8. The van der Waals surface area contributed by atoms with Gasteiger partial charge in [-0.2, -0.15) is 13.2 Å². The molecule has 156 valence electrons. The molecule has 2 aromatic rings. The zero-order valence-corrected chi connectivity index (χ0v) is 15.8. The molecule has 0 aliphatic heterocycles. The van der Waals surface area contributed by atoms with Crippen LogP contribution >= 0.6 is 0 Å². The number of carbonyl (C=O) groups is 1. The molecule has 1 aliphatic rings. The van der Waals surface area contributed by atoms with Crippen molar-refractivity contribution in [3.8, 4) is 22.6 Å². The number of carboxylic acid groups (broad SMARTS) is 1. The van der Waals surface area contributed by atoms with E-state index in [9.17, 15) is 22.4 Å². The van der Waals surface area contributed by atoms with E-state index in [-0.39, 0.29) is 29.8 Å². The van der Waals surface area contributed by atoms with Gasteiger partial charge in [0, 0.05) is 11.5 Å². The lowest BCUT2D eigenvalue weighted by atomic mass is 10.0. The highest BCUT2D eigenvalue weighted by Crippen LogP contribution is 2.42. The fourth-order valence-corrected chi connectivity index (χ4v) is 3.05. The van der Waals surface area contributed by atoms with Gasteiger partial charge in [-0.05, 0) is 56.2 Å². The van der Waals surface area contributed by atoms with Crippen LogP contribution in [-0.4, -0.2) is 23.8 Å². The van der Waals surface area contributed by atoms with Gasteiger partial charge in [-0.15, -0.1) is 0 Å². The number of benzene rings is 2. The van der Waals surface area contributed by atoms with Gasteiger partial charge < -0.3 is 14.6 Å². The molecule has 0 saturated heterocycles. The number of hydrogen-bond donors (Lipinski definition) is 1. The molecule has 1 aliphatic carbocycles. The molecule has 1 saturated carbocycles. The van der Waals surface area contributed by atoms with Crippen molar-refractivity contribution < 1.29 is 36.9 Å². The van der Waals surface area contributed by atoms with Crippen molar-refractivity contribution in [3.05, 3.63) is 47.8 Å². The first kappa shape index (κ1) is 21.0. The van der Waals surface area contributed by atoms with Gasteiger partial charge in [-0.3, -0.25) is 4.79 Å². The lowest BCUT2D eigenvalue weighted by Crippen LogP contribution is -2.12. The Kier molecular flexibility index (Phi) is 5.73. The summed E-state index contributed by atoms with van der Waals surface area (Å²) in [5.74, 6) is -2.61. The number of alkyl halides is 3. The van der Waals surface area contributed by atoms with Gasteiger partial charge in [-0.1, -0.05) is 6.07 Å². The van der Waals surface area contributed by atoms with Crippen molar-refractivity contribution in [1.82, 2.24) is 0 Å². The molecule has 0 aromatic heterocycles. The van der Waals surface area contributed by atoms with E-state index in [1.165, 1.54) is 18.2 Å². The second-order valence-corrected chi connectivity index (χ2v) is 7.27. The molecular formula is C21H20F4O4. The van der Waals surface area contributed by atoms with Crippen LogP contribution in [0.3, 0.4) is 0 Å². The molecule has 2 atom stereocenters. The molecule has 1 fully saturated rings. The summed E-state index contributed by atoms with van der Waals surface area (Å²) in [6, 6.07) is 7.20. The van der Waals surface area contributed by atoms with Gasteiger partial charge in [-0.25, -0.2) is 4.39 Å². The minimum atomic E-state index is -4.72. The number of carboxylic acids is 1. The first-order chi connectivity index (χ1) is 13.6. The van der Waals surface area contributed by atoms with E-state index >= 15 is 0 Å². The fourth-order valence-electron chi connectivity index (χ4n) is 3.05.